The molecule has 0 aliphatic carbocycles. The van der Waals surface area contributed by atoms with Crippen molar-refractivity contribution in [3.63, 3.8) is 0 Å². The van der Waals surface area contributed by atoms with Crippen LogP contribution >= 0.6 is 11.6 Å². The Morgan fingerprint density at radius 3 is 2.50 bits per heavy atom. The lowest BCUT2D eigenvalue weighted by Gasteiger charge is -2.16. The SMILES string of the molecule is CCCCN(C)C(=O)c1ccc(Nc2cc(OC)c(Cl)cc2OC)nn1. The first-order valence-electron chi connectivity index (χ1n) is 8.27. The number of ether oxygens (including phenoxy) is 2. The van der Waals surface area contributed by atoms with Crippen LogP contribution in [0.1, 0.15) is 30.3 Å². The fraction of sp³-hybridized carbons (Fsp3) is 0.389. The Morgan fingerprint density at radius 2 is 1.92 bits per heavy atom. The van der Waals surface area contributed by atoms with Crippen molar-refractivity contribution in [3.05, 3.63) is 35.0 Å². The van der Waals surface area contributed by atoms with Crippen LogP contribution in [0.25, 0.3) is 0 Å². The molecule has 26 heavy (non-hydrogen) atoms. The third kappa shape index (κ3) is 4.76. The van der Waals surface area contributed by atoms with Crippen molar-refractivity contribution < 1.29 is 14.3 Å². The van der Waals surface area contributed by atoms with Gasteiger partial charge in [-0.1, -0.05) is 24.9 Å². The molecule has 1 aromatic carbocycles. The highest BCUT2D eigenvalue weighted by molar-refractivity contribution is 6.32. The highest BCUT2D eigenvalue weighted by Crippen LogP contribution is 2.36. The Bertz CT molecular complexity index is 753. The van der Waals surface area contributed by atoms with E-state index in [4.69, 9.17) is 21.1 Å². The lowest BCUT2D eigenvalue weighted by molar-refractivity contribution is 0.0786. The van der Waals surface area contributed by atoms with Crippen LogP contribution in [0, 0.1) is 0 Å². The molecule has 0 atom stereocenters. The largest absolute Gasteiger partial charge is 0.495 e. The molecule has 0 unspecified atom stereocenters. The molecule has 0 radical (unpaired) electrons. The van der Waals surface area contributed by atoms with Gasteiger partial charge in [-0.05, 0) is 18.6 Å². The molecule has 7 nitrogen and oxygen atoms in total. The van der Waals surface area contributed by atoms with Crippen LogP contribution in [0.3, 0.4) is 0 Å². The molecule has 1 N–H and O–H groups in total. The summed E-state index contributed by atoms with van der Waals surface area (Å²) in [6.45, 7) is 2.78. The summed E-state index contributed by atoms with van der Waals surface area (Å²) in [5.41, 5.74) is 0.928. The fourth-order valence-electron chi connectivity index (χ4n) is 2.30. The molecule has 0 spiro atoms. The quantitative estimate of drug-likeness (QED) is 0.753. The molecule has 1 amide bonds. The molecule has 0 bridgehead atoms. The second-order valence-electron chi connectivity index (χ2n) is 5.70. The number of nitrogens with one attached hydrogen (secondary N) is 1. The van der Waals surface area contributed by atoms with Gasteiger partial charge < -0.3 is 19.7 Å². The van der Waals surface area contributed by atoms with E-state index in [1.807, 2.05) is 0 Å². The van der Waals surface area contributed by atoms with Crippen molar-refractivity contribution in [1.29, 1.82) is 0 Å². The standard InChI is InChI=1S/C18H23ClN4O3/c1-5-6-9-23(2)18(24)13-7-8-17(22-21-13)20-14-11-15(25-3)12(19)10-16(14)26-4/h7-8,10-11H,5-6,9H2,1-4H3,(H,20,22). The second-order valence-corrected chi connectivity index (χ2v) is 6.10. The van der Waals surface area contributed by atoms with Crippen molar-refractivity contribution in [2.75, 3.05) is 33.1 Å². The average molecular weight is 379 g/mol. The molecule has 140 valence electrons. The Hall–Kier alpha value is -2.54. The number of unbranched alkanes of at least 4 members (excludes halogenated alkanes) is 1. The molecule has 0 aliphatic heterocycles. The molecule has 2 aromatic rings. The lowest BCUT2D eigenvalue weighted by Crippen LogP contribution is -2.28. The molecule has 2 rings (SSSR count). The van der Waals surface area contributed by atoms with Crippen molar-refractivity contribution in [2.45, 2.75) is 19.8 Å². The molecule has 8 heteroatoms. The van der Waals surface area contributed by atoms with Crippen LogP contribution in [-0.2, 0) is 0 Å². The van der Waals surface area contributed by atoms with Crippen molar-refractivity contribution in [1.82, 2.24) is 15.1 Å². The van der Waals surface area contributed by atoms with Gasteiger partial charge in [-0.3, -0.25) is 4.79 Å². The normalized spacial score (nSPS) is 10.3. The molecule has 0 saturated heterocycles. The van der Waals surface area contributed by atoms with E-state index in [0.29, 0.717) is 40.3 Å². The number of anilines is 2. The summed E-state index contributed by atoms with van der Waals surface area (Å²) >= 11 is 6.10. The monoisotopic (exact) mass is 378 g/mol. The summed E-state index contributed by atoms with van der Waals surface area (Å²) in [7, 11) is 4.84. The topological polar surface area (TPSA) is 76.6 Å². The van der Waals surface area contributed by atoms with Gasteiger partial charge in [0, 0.05) is 25.7 Å². The number of halogens is 1. The number of benzene rings is 1. The Morgan fingerprint density at radius 1 is 1.19 bits per heavy atom. The first-order chi connectivity index (χ1) is 12.5. The van der Waals surface area contributed by atoms with Gasteiger partial charge in [0.15, 0.2) is 11.5 Å². The zero-order valence-corrected chi connectivity index (χ0v) is 16.1. The van der Waals surface area contributed by atoms with E-state index < -0.39 is 0 Å². The van der Waals surface area contributed by atoms with Crippen molar-refractivity contribution in [2.24, 2.45) is 0 Å². The Kier molecular flexibility index (Phi) is 7.03. The number of rotatable bonds is 8. The van der Waals surface area contributed by atoms with E-state index in [-0.39, 0.29) is 5.91 Å². The molecule has 0 saturated carbocycles. The minimum atomic E-state index is -0.150. The number of methoxy groups -OCH3 is 2. The molecule has 0 aliphatic rings. The van der Waals surface area contributed by atoms with Gasteiger partial charge in [0.25, 0.3) is 5.91 Å². The smallest absolute Gasteiger partial charge is 0.274 e. The predicted octanol–water partition coefficient (Wildman–Crippen LogP) is 3.76. The number of hydrogen-bond acceptors (Lipinski definition) is 6. The summed E-state index contributed by atoms with van der Waals surface area (Å²) in [6.07, 6.45) is 1.98. The van der Waals surface area contributed by atoms with Gasteiger partial charge in [0.2, 0.25) is 0 Å². The van der Waals surface area contributed by atoms with Crippen molar-refractivity contribution in [3.8, 4) is 11.5 Å². The molecule has 0 fully saturated rings. The molecule has 1 heterocycles. The lowest BCUT2D eigenvalue weighted by atomic mass is 10.2. The van der Waals surface area contributed by atoms with Crippen LogP contribution in [0.5, 0.6) is 11.5 Å². The third-order valence-electron chi connectivity index (χ3n) is 3.81. The van der Waals surface area contributed by atoms with Crippen LogP contribution in [0.2, 0.25) is 5.02 Å². The number of carbonyl (C=O) groups is 1. The van der Waals surface area contributed by atoms with E-state index in [1.54, 1.807) is 43.3 Å². The summed E-state index contributed by atoms with van der Waals surface area (Å²) in [5, 5.41) is 11.6. The Balaban J connectivity index is 2.16. The number of amides is 1. The zero-order chi connectivity index (χ0) is 19.1. The van der Waals surface area contributed by atoms with E-state index >= 15 is 0 Å². The summed E-state index contributed by atoms with van der Waals surface area (Å²) in [4.78, 5) is 13.9. The van der Waals surface area contributed by atoms with Crippen LogP contribution < -0.4 is 14.8 Å². The van der Waals surface area contributed by atoms with E-state index in [2.05, 4.69) is 22.4 Å². The maximum atomic E-state index is 12.3. The highest BCUT2D eigenvalue weighted by Gasteiger charge is 2.14. The third-order valence-corrected chi connectivity index (χ3v) is 4.11. The Labute approximate surface area is 158 Å². The van der Waals surface area contributed by atoms with Gasteiger partial charge in [0.05, 0.1) is 24.9 Å². The van der Waals surface area contributed by atoms with Crippen molar-refractivity contribution >= 4 is 29.0 Å². The van der Waals surface area contributed by atoms with Gasteiger partial charge in [0.1, 0.15) is 11.5 Å². The van der Waals surface area contributed by atoms with Gasteiger partial charge >= 0.3 is 0 Å². The second kappa shape index (κ2) is 9.24. The zero-order valence-electron chi connectivity index (χ0n) is 15.4. The number of carbonyl (C=O) groups excluding carboxylic acids is 1. The maximum Gasteiger partial charge on any atom is 0.274 e. The number of aromatic nitrogens is 2. The molecular formula is C18H23ClN4O3. The first kappa shape index (κ1) is 19.8. The van der Waals surface area contributed by atoms with E-state index in [9.17, 15) is 4.79 Å². The summed E-state index contributed by atoms with van der Waals surface area (Å²) in [5.74, 6) is 1.37. The fourth-order valence-corrected chi connectivity index (χ4v) is 2.53. The minimum absolute atomic E-state index is 0.150. The first-order valence-corrected chi connectivity index (χ1v) is 8.65. The van der Waals surface area contributed by atoms with Gasteiger partial charge in [-0.25, -0.2) is 0 Å². The van der Waals surface area contributed by atoms with E-state index in [1.165, 1.54) is 7.11 Å². The van der Waals surface area contributed by atoms with Crippen LogP contribution in [-0.4, -0.2) is 48.8 Å². The van der Waals surface area contributed by atoms with Gasteiger partial charge in [-0.15, -0.1) is 10.2 Å². The van der Waals surface area contributed by atoms with Crippen LogP contribution in [0.15, 0.2) is 24.3 Å². The summed E-state index contributed by atoms with van der Waals surface area (Å²) in [6, 6.07) is 6.69. The average Bonchev–Trinajstić information content (AvgIpc) is 2.67. The summed E-state index contributed by atoms with van der Waals surface area (Å²) < 4.78 is 10.5. The molecular weight excluding hydrogens is 356 g/mol. The maximum absolute atomic E-state index is 12.3. The van der Waals surface area contributed by atoms with E-state index in [0.717, 1.165) is 12.8 Å². The number of hydrogen-bond donors (Lipinski definition) is 1. The highest BCUT2D eigenvalue weighted by atomic mass is 35.5. The minimum Gasteiger partial charge on any atom is -0.495 e. The molecule has 1 aromatic heterocycles. The van der Waals surface area contributed by atoms with Crippen LogP contribution in [0.4, 0.5) is 11.5 Å². The van der Waals surface area contributed by atoms with Gasteiger partial charge in [-0.2, -0.15) is 0 Å². The number of nitrogens with zero attached hydrogens (tertiary/aromatic N) is 3. The predicted molar refractivity (Wildman–Crippen MR) is 102 cm³/mol.